The van der Waals surface area contributed by atoms with Gasteiger partial charge in [0.2, 0.25) is 7.42 Å². The maximum Gasteiger partial charge on any atom is 0.341 e. The lowest BCUT2D eigenvalue weighted by molar-refractivity contribution is 0.699. The zero-order valence-electron chi connectivity index (χ0n) is 7.21. The SMILES string of the molecule is Cl[SiH](Cl)CCCCCC[Si](Cl)(Cl)Cl. The molecular formula is C6H13Cl5Si2. The zero-order chi connectivity index (χ0) is 10.3. The van der Waals surface area contributed by atoms with Gasteiger partial charge in [-0.25, -0.2) is 0 Å². The van der Waals surface area contributed by atoms with Gasteiger partial charge >= 0.3 is 6.00 Å². The van der Waals surface area contributed by atoms with Gasteiger partial charge in [-0.3, -0.25) is 0 Å². The molecule has 0 N–H and O–H groups in total. The van der Waals surface area contributed by atoms with Gasteiger partial charge in [0.15, 0.2) is 0 Å². The molecule has 0 atom stereocenters. The first-order chi connectivity index (χ1) is 5.92. The molecule has 0 saturated carbocycles. The second kappa shape index (κ2) is 8.08. The summed E-state index contributed by atoms with van der Waals surface area (Å²) in [6, 6.07) is -0.607. The smallest absolute Gasteiger partial charge is 0.150 e. The van der Waals surface area contributed by atoms with Crippen LogP contribution in [0, 0.1) is 0 Å². The normalized spacial score (nSPS) is 12.5. The van der Waals surface area contributed by atoms with Crippen LogP contribution >= 0.6 is 55.4 Å². The Morgan fingerprint density at radius 2 is 1.38 bits per heavy atom. The van der Waals surface area contributed by atoms with Gasteiger partial charge in [-0.15, -0.1) is 33.2 Å². The van der Waals surface area contributed by atoms with Crippen molar-refractivity contribution in [3.05, 3.63) is 0 Å². The summed E-state index contributed by atoms with van der Waals surface area (Å²) in [5.41, 5.74) is 0. The minimum Gasteiger partial charge on any atom is -0.150 e. The van der Waals surface area contributed by atoms with Crippen LogP contribution in [0.4, 0.5) is 0 Å². The quantitative estimate of drug-likeness (QED) is 0.356. The van der Waals surface area contributed by atoms with E-state index >= 15 is 0 Å². The number of hydrogen-bond donors (Lipinski definition) is 0. The van der Waals surface area contributed by atoms with Crippen molar-refractivity contribution in [2.24, 2.45) is 0 Å². The highest BCUT2D eigenvalue weighted by Crippen LogP contribution is 2.27. The molecule has 0 radical (unpaired) electrons. The van der Waals surface area contributed by atoms with E-state index in [4.69, 9.17) is 55.4 Å². The minimum atomic E-state index is -2.37. The first kappa shape index (κ1) is 14.9. The van der Waals surface area contributed by atoms with Crippen molar-refractivity contribution in [1.82, 2.24) is 0 Å². The van der Waals surface area contributed by atoms with Crippen molar-refractivity contribution in [1.29, 1.82) is 0 Å². The summed E-state index contributed by atoms with van der Waals surface area (Å²) in [5.74, 6) is 0. The van der Waals surface area contributed by atoms with Crippen molar-refractivity contribution in [3.63, 3.8) is 0 Å². The fourth-order valence-corrected chi connectivity index (χ4v) is 4.35. The fraction of sp³-hybridized carbons (Fsp3) is 1.00. The Hall–Kier alpha value is 1.88. The molecule has 0 aliphatic rings. The van der Waals surface area contributed by atoms with E-state index in [0.717, 1.165) is 37.8 Å². The van der Waals surface area contributed by atoms with Crippen LogP contribution in [0.1, 0.15) is 25.7 Å². The van der Waals surface area contributed by atoms with Crippen LogP contribution in [0.2, 0.25) is 12.1 Å². The van der Waals surface area contributed by atoms with Gasteiger partial charge in [0, 0.05) is 0 Å². The average molecular weight is 319 g/mol. The molecule has 0 aromatic rings. The predicted molar refractivity (Wildman–Crippen MR) is 70.3 cm³/mol. The Bertz CT molecular complexity index is 125. The van der Waals surface area contributed by atoms with E-state index in [1.54, 1.807) is 0 Å². The molecule has 0 unspecified atom stereocenters. The van der Waals surface area contributed by atoms with Crippen LogP contribution < -0.4 is 0 Å². The number of halogens is 5. The molecule has 80 valence electrons. The zero-order valence-corrected chi connectivity index (χ0v) is 13.1. The van der Waals surface area contributed by atoms with Crippen LogP contribution in [0.5, 0.6) is 0 Å². The van der Waals surface area contributed by atoms with Crippen LogP contribution in [0.3, 0.4) is 0 Å². The molecule has 0 aliphatic carbocycles. The summed E-state index contributed by atoms with van der Waals surface area (Å²) in [4.78, 5) is 0. The molecule has 13 heavy (non-hydrogen) atoms. The van der Waals surface area contributed by atoms with E-state index in [0.29, 0.717) is 0 Å². The summed E-state index contributed by atoms with van der Waals surface area (Å²) < 4.78 is 0. The molecule has 0 aromatic carbocycles. The molecule has 0 rings (SSSR count). The standard InChI is InChI=1S/C6H13Cl5Si2/c7-12(8)5-3-1-2-4-6-13(9,10)11/h12H,1-6H2. The molecule has 0 saturated heterocycles. The lowest BCUT2D eigenvalue weighted by Crippen LogP contribution is -2.07. The van der Waals surface area contributed by atoms with Gasteiger partial charge < -0.3 is 0 Å². The van der Waals surface area contributed by atoms with E-state index in [9.17, 15) is 0 Å². The average Bonchev–Trinajstić information content (AvgIpc) is 1.93. The molecule has 0 fully saturated rings. The summed E-state index contributed by atoms with van der Waals surface area (Å²) in [5, 5.41) is 0. The van der Waals surface area contributed by atoms with Crippen molar-refractivity contribution in [2.45, 2.75) is 37.8 Å². The largest absolute Gasteiger partial charge is 0.341 e. The lowest BCUT2D eigenvalue weighted by Gasteiger charge is -2.06. The highest BCUT2D eigenvalue weighted by Gasteiger charge is 2.23. The van der Waals surface area contributed by atoms with Crippen molar-refractivity contribution in [3.8, 4) is 0 Å². The van der Waals surface area contributed by atoms with Crippen LogP contribution in [-0.4, -0.2) is 13.4 Å². The van der Waals surface area contributed by atoms with E-state index < -0.39 is 13.4 Å². The van der Waals surface area contributed by atoms with Crippen molar-refractivity contribution < 1.29 is 0 Å². The lowest BCUT2D eigenvalue weighted by atomic mass is 10.2. The molecule has 0 bridgehead atoms. The predicted octanol–water partition coefficient (Wildman–Crippen LogP) is 4.90. The molecule has 0 spiro atoms. The first-order valence-corrected chi connectivity index (χ1v) is 13.8. The monoisotopic (exact) mass is 316 g/mol. The second-order valence-electron chi connectivity index (χ2n) is 2.96. The van der Waals surface area contributed by atoms with E-state index in [1.165, 1.54) is 0 Å². The number of unbranched alkanes of at least 4 members (excludes halogenated alkanes) is 3. The van der Waals surface area contributed by atoms with Gasteiger partial charge in [0.1, 0.15) is 0 Å². The third-order valence-corrected chi connectivity index (χ3v) is 6.41. The Morgan fingerprint density at radius 1 is 0.846 bits per heavy atom. The highest BCUT2D eigenvalue weighted by atomic mass is 35.8. The van der Waals surface area contributed by atoms with E-state index in [2.05, 4.69) is 0 Å². The Kier molecular flexibility index (Phi) is 9.26. The molecular weight excluding hydrogens is 306 g/mol. The molecule has 0 aliphatic heterocycles. The fourth-order valence-electron chi connectivity index (χ4n) is 0.978. The summed E-state index contributed by atoms with van der Waals surface area (Å²) in [7, 11) is -1.38. The third kappa shape index (κ3) is 13.9. The molecule has 0 aromatic heterocycles. The van der Waals surface area contributed by atoms with E-state index in [1.807, 2.05) is 0 Å². The second-order valence-corrected chi connectivity index (χ2v) is 17.4. The Morgan fingerprint density at radius 3 is 1.85 bits per heavy atom. The van der Waals surface area contributed by atoms with Gasteiger partial charge in [-0.2, -0.15) is 22.2 Å². The van der Waals surface area contributed by atoms with Crippen LogP contribution in [0.25, 0.3) is 0 Å². The molecule has 0 heterocycles. The summed E-state index contributed by atoms with van der Waals surface area (Å²) in [6.07, 6.45) is 4.40. The van der Waals surface area contributed by atoms with Gasteiger partial charge in [0.05, 0.1) is 0 Å². The number of hydrogen-bond acceptors (Lipinski definition) is 0. The summed E-state index contributed by atoms with van der Waals surface area (Å²) >= 11 is 28.6. The van der Waals surface area contributed by atoms with Crippen LogP contribution in [0.15, 0.2) is 0 Å². The molecule has 7 heteroatoms. The van der Waals surface area contributed by atoms with Gasteiger partial charge in [-0.05, 0) is 12.1 Å². The van der Waals surface area contributed by atoms with Gasteiger partial charge in [-0.1, -0.05) is 25.7 Å². The number of rotatable bonds is 7. The van der Waals surface area contributed by atoms with E-state index in [-0.39, 0.29) is 0 Å². The summed E-state index contributed by atoms with van der Waals surface area (Å²) in [6.45, 7) is 0. The molecule has 0 amide bonds. The maximum absolute atomic E-state index is 5.73. The maximum atomic E-state index is 5.73. The minimum absolute atomic E-state index is 0.764. The third-order valence-electron chi connectivity index (χ3n) is 1.63. The molecule has 0 nitrogen and oxygen atoms in total. The highest BCUT2D eigenvalue weighted by molar-refractivity contribution is 7.64. The van der Waals surface area contributed by atoms with Crippen molar-refractivity contribution in [2.75, 3.05) is 0 Å². The van der Waals surface area contributed by atoms with Crippen molar-refractivity contribution >= 4 is 68.8 Å². The Labute approximate surface area is 106 Å². The van der Waals surface area contributed by atoms with Crippen LogP contribution in [-0.2, 0) is 0 Å². The Balaban J connectivity index is 3.09. The topological polar surface area (TPSA) is 0 Å². The first-order valence-electron chi connectivity index (χ1n) is 4.27. The van der Waals surface area contributed by atoms with Gasteiger partial charge in [0.25, 0.3) is 0 Å².